The summed E-state index contributed by atoms with van der Waals surface area (Å²) in [6.07, 6.45) is -2.32. The third-order valence-electron chi connectivity index (χ3n) is 4.50. The minimum atomic E-state index is -4.36. The first-order valence-electron chi connectivity index (χ1n) is 8.72. The van der Waals surface area contributed by atoms with Crippen molar-refractivity contribution < 1.29 is 27.5 Å². The smallest absolute Gasteiger partial charge is 0.416 e. The average molecular weight is 376 g/mol. The number of aromatic carboxylic acids is 1. The summed E-state index contributed by atoms with van der Waals surface area (Å²) in [4.78, 5) is 11.0. The first-order valence-corrected chi connectivity index (χ1v) is 8.72. The van der Waals surface area contributed by atoms with E-state index in [0.29, 0.717) is 47.8 Å². The molecule has 1 heterocycles. The molecule has 3 nitrogen and oxygen atoms in total. The van der Waals surface area contributed by atoms with Crippen LogP contribution < -0.4 is 0 Å². The van der Waals surface area contributed by atoms with E-state index in [1.165, 1.54) is 12.1 Å². The molecule has 0 amide bonds. The average Bonchev–Trinajstić information content (AvgIpc) is 3.04. The summed E-state index contributed by atoms with van der Waals surface area (Å²) >= 11 is 0. The fraction of sp³-hybridized carbons (Fsp3) is 0.286. The van der Waals surface area contributed by atoms with Crippen molar-refractivity contribution in [3.05, 3.63) is 70.5 Å². The molecule has 0 aliphatic heterocycles. The molecule has 0 radical (unpaired) electrons. The van der Waals surface area contributed by atoms with Crippen LogP contribution in [0.1, 0.15) is 46.2 Å². The maximum atomic E-state index is 13.3. The van der Waals surface area contributed by atoms with E-state index in [-0.39, 0.29) is 5.76 Å². The van der Waals surface area contributed by atoms with Gasteiger partial charge in [0.2, 0.25) is 5.76 Å². The van der Waals surface area contributed by atoms with Crippen LogP contribution in [0.5, 0.6) is 0 Å². The minimum absolute atomic E-state index is 0.136. The Balaban J connectivity index is 1.80. The van der Waals surface area contributed by atoms with Crippen LogP contribution in [0, 0.1) is 0 Å². The Kier molecular flexibility index (Phi) is 5.26. The normalized spacial score (nSPS) is 11.9. The zero-order valence-corrected chi connectivity index (χ0v) is 14.8. The van der Waals surface area contributed by atoms with Crippen molar-refractivity contribution in [1.82, 2.24) is 0 Å². The first-order chi connectivity index (χ1) is 12.8. The van der Waals surface area contributed by atoms with E-state index < -0.39 is 17.7 Å². The monoisotopic (exact) mass is 376 g/mol. The molecule has 0 spiro atoms. The molecule has 1 aromatic heterocycles. The Hall–Kier alpha value is -2.76. The largest absolute Gasteiger partial charge is 0.475 e. The van der Waals surface area contributed by atoms with Gasteiger partial charge in [-0.25, -0.2) is 4.79 Å². The highest BCUT2D eigenvalue weighted by Gasteiger charge is 2.33. The van der Waals surface area contributed by atoms with E-state index in [1.807, 2.05) is 13.0 Å². The van der Waals surface area contributed by atoms with E-state index >= 15 is 0 Å². The predicted molar refractivity (Wildman–Crippen MR) is 96.0 cm³/mol. The summed E-state index contributed by atoms with van der Waals surface area (Å²) in [7, 11) is 0. The maximum absolute atomic E-state index is 13.3. The topological polar surface area (TPSA) is 50.4 Å². The number of benzene rings is 2. The van der Waals surface area contributed by atoms with Crippen LogP contribution in [0.15, 0.2) is 46.9 Å². The van der Waals surface area contributed by atoms with Gasteiger partial charge < -0.3 is 9.52 Å². The van der Waals surface area contributed by atoms with E-state index in [9.17, 15) is 18.0 Å². The molecule has 3 aromatic rings. The van der Waals surface area contributed by atoms with Crippen molar-refractivity contribution >= 4 is 16.9 Å². The summed E-state index contributed by atoms with van der Waals surface area (Å²) in [6.45, 7) is 1.86. The summed E-state index contributed by atoms with van der Waals surface area (Å²) in [5, 5.41) is 9.65. The van der Waals surface area contributed by atoms with Crippen LogP contribution in [0.3, 0.4) is 0 Å². The van der Waals surface area contributed by atoms with Gasteiger partial charge in [-0.1, -0.05) is 37.6 Å². The van der Waals surface area contributed by atoms with Crippen LogP contribution in [0.2, 0.25) is 0 Å². The lowest BCUT2D eigenvalue weighted by Gasteiger charge is -2.14. The summed E-state index contributed by atoms with van der Waals surface area (Å²) in [6, 6.07) is 11.3. The predicted octanol–water partition coefficient (Wildman–Crippen LogP) is 5.89. The van der Waals surface area contributed by atoms with Crippen molar-refractivity contribution in [3.63, 3.8) is 0 Å². The lowest BCUT2D eigenvalue weighted by atomic mass is 9.96. The molecule has 2 aromatic carbocycles. The molecule has 142 valence electrons. The Morgan fingerprint density at radius 1 is 1.00 bits per heavy atom. The summed E-state index contributed by atoms with van der Waals surface area (Å²) in [5.74, 6) is -1.27. The lowest BCUT2D eigenvalue weighted by molar-refractivity contribution is -0.138. The van der Waals surface area contributed by atoms with Gasteiger partial charge in [-0.15, -0.1) is 0 Å². The van der Waals surface area contributed by atoms with Gasteiger partial charge in [-0.05, 0) is 54.2 Å². The SMILES string of the molecule is CCCc1ccc(CCc2ccc3cc(C(=O)O)oc3c2)cc1C(F)(F)F. The molecule has 0 saturated carbocycles. The Labute approximate surface area is 154 Å². The Morgan fingerprint density at radius 3 is 2.30 bits per heavy atom. The Morgan fingerprint density at radius 2 is 1.67 bits per heavy atom. The first kappa shape index (κ1) is 19.0. The van der Waals surface area contributed by atoms with Gasteiger partial charge in [0.05, 0.1) is 5.56 Å². The number of aryl methyl sites for hydroxylation is 3. The van der Waals surface area contributed by atoms with Gasteiger partial charge in [0, 0.05) is 5.39 Å². The van der Waals surface area contributed by atoms with E-state index in [1.54, 1.807) is 24.3 Å². The van der Waals surface area contributed by atoms with Crippen LogP contribution >= 0.6 is 0 Å². The van der Waals surface area contributed by atoms with Gasteiger partial charge >= 0.3 is 12.1 Å². The molecule has 6 heteroatoms. The molecular weight excluding hydrogens is 357 g/mol. The number of alkyl halides is 3. The quantitative estimate of drug-likeness (QED) is 0.584. The number of carboxylic acids is 1. The number of carbonyl (C=O) groups is 1. The molecule has 27 heavy (non-hydrogen) atoms. The van der Waals surface area contributed by atoms with Crippen LogP contribution in [0.25, 0.3) is 11.0 Å². The minimum Gasteiger partial charge on any atom is -0.475 e. The molecule has 3 rings (SSSR count). The lowest BCUT2D eigenvalue weighted by Crippen LogP contribution is -2.10. The highest BCUT2D eigenvalue weighted by Crippen LogP contribution is 2.33. The molecular formula is C21H19F3O3. The highest BCUT2D eigenvalue weighted by atomic mass is 19.4. The number of furan rings is 1. The van der Waals surface area contributed by atoms with Gasteiger partial charge in [0.25, 0.3) is 0 Å². The molecule has 0 fully saturated rings. The summed E-state index contributed by atoms with van der Waals surface area (Å²) < 4.78 is 45.2. The van der Waals surface area contributed by atoms with Crippen molar-refractivity contribution in [2.45, 2.75) is 38.8 Å². The van der Waals surface area contributed by atoms with Crippen LogP contribution in [-0.2, 0) is 25.4 Å². The molecule has 0 saturated heterocycles. The molecule has 0 atom stereocenters. The second-order valence-electron chi connectivity index (χ2n) is 6.53. The number of halogens is 3. The van der Waals surface area contributed by atoms with Crippen molar-refractivity contribution in [2.75, 3.05) is 0 Å². The maximum Gasteiger partial charge on any atom is 0.416 e. The molecule has 0 bridgehead atoms. The van der Waals surface area contributed by atoms with Crippen molar-refractivity contribution in [3.8, 4) is 0 Å². The van der Waals surface area contributed by atoms with E-state index in [2.05, 4.69) is 0 Å². The summed E-state index contributed by atoms with van der Waals surface area (Å²) in [5.41, 5.74) is 1.72. The van der Waals surface area contributed by atoms with Crippen molar-refractivity contribution in [1.29, 1.82) is 0 Å². The number of hydrogen-bond donors (Lipinski definition) is 1. The molecule has 0 unspecified atom stereocenters. The van der Waals surface area contributed by atoms with Crippen molar-refractivity contribution in [2.24, 2.45) is 0 Å². The number of hydrogen-bond acceptors (Lipinski definition) is 2. The van der Waals surface area contributed by atoms with Gasteiger partial charge in [-0.3, -0.25) is 0 Å². The van der Waals surface area contributed by atoms with Gasteiger partial charge in [0.15, 0.2) is 0 Å². The third-order valence-corrected chi connectivity index (χ3v) is 4.50. The number of fused-ring (bicyclic) bond motifs is 1. The second kappa shape index (κ2) is 7.47. The molecule has 0 aliphatic rings. The fourth-order valence-electron chi connectivity index (χ4n) is 3.16. The zero-order chi connectivity index (χ0) is 19.6. The van der Waals surface area contributed by atoms with E-state index in [0.717, 1.165) is 5.56 Å². The van der Waals surface area contributed by atoms with Crippen LogP contribution in [0.4, 0.5) is 13.2 Å². The number of rotatable bonds is 6. The standard InChI is InChI=1S/C21H19F3O3/c1-2-3-15-8-6-13(10-17(15)21(22,23)24)4-5-14-7-9-16-12-19(20(25)26)27-18(16)11-14/h6-12H,2-5H2,1H3,(H,25,26). The fourth-order valence-corrected chi connectivity index (χ4v) is 3.16. The van der Waals surface area contributed by atoms with Gasteiger partial charge in [-0.2, -0.15) is 13.2 Å². The Bertz CT molecular complexity index is 970. The molecule has 0 aliphatic carbocycles. The molecule has 1 N–H and O–H groups in total. The zero-order valence-electron chi connectivity index (χ0n) is 14.8. The van der Waals surface area contributed by atoms with Gasteiger partial charge in [0.1, 0.15) is 5.58 Å². The van der Waals surface area contributed by atoms with Crippen LogP contribution in [-0.4, -0.2) is 11.1 Å². The van der Waals surface area contributed by atoms with E-state index in [4.69, 9.17) is 9.52 Å². The second-order valence-corrected chi connectivity index (χ2v) is 6.53. The highest BCUT2D eigenvalue weighted by molar-refractivity contribution is 5.91. The third kappa shape index (κ3) is 4.32. The number of carboxylic acid groups (broad SMARTS) is 1.